The Morgan fingerprint density at radius 1 is 0.773 bits per heavy atom. The number of carbonyl (C=O) groups is 1. The summed E-state index contributed by atoms with van der Waals surface area (Å²) in [4.78, 5) is 16.0. The summed E-state index contributed by atoms with van der Waals surface area (Å²) < 4.78 is 12.1. The quantitative estimate of drug-likeness (QED) is 0.151. The Kier molecular flexibility index (Phi) is 11.9. The van der Waals surface area contributed by atoms with E-state index in [2.05, 4.69) is 75.9 Å². The second-order valence-electron chi connectivity index (χ2n) is 12.1. The van der Waals surface area contributed by atoms with Gasteiger partial charge < -0.3 is 14.6 Å². The molecule has 0 spiro atoms. The molecule has 4 rings (SSSR count). The summed E-state index contributed by atoms with van der Waals surface area (Å²) in [6.07, 6.45) is -1.53. The number of rotatable bonds is 14. The van der Waals surface area contributed by atoms with Crippen LogP contribution >= 0.6 is 0 Å². The van der Waals surface area contributed by atoms with Crippen LogP contribution < -0.4 is 0 Å². The van der Waals surface area contributed by atoms with Gasteiger partial charge in [0.25, 0.3) is 0 Å². The summed E-state index contributed by atoms with van der Waals surface area (Å²) in [5.41, 5.74) is 9.44. The number of ether oxygens (including phenoxy) is 2. The SMILES string of the molecule is Cc1cc(C)c(CN(Cc2ccccc2C)[C@@H](C)[C@H](OC(=O)[C@H](C)[C@H](O)COCc2ccccc2)c2ccccc2)c(C)c1. The highest BCUT2D eigenvalue weighted by atomic mass is 16.5. The van der Waals surface area contributed by atoms with Crippen LogP contribution in [0.15, 0.2) is 97.1 Å². The summed E-state index contributed by atoms with van der Waals surface area (Å²) in [6, 6.07) is 32.4. The zero-order valence-electron chi connectivity index (χ0n) is 27.0. The maximum atomic E-state index is 13.6. The van der Waals surface area contributed by atoms with Crippen molar-refractivity contribution in [3.63, 3.8) is 0 Å². The first-order valence-electron chi connectivity index (χ1n) is 15.5. The molecule has 0 unspecified atom stereocenters. The van der Waals surface area contributed by atoms with Gasteiger partial charge in [-0.05, 0) is 80.5 Å². The molecule has 1 N–H and O–H groups in total. The predicted octanol–water partition coefficient (Wildman–Crippen LogP) is 7.81. The Morgan fingerprint density at radius 2 is 1.36 bits per heavy atom. The lowest BCUT2D eigenvalue weighted by Gasteiger charge is -2.36. The van der Waals surface area contributed by atoms with Gasteiger partial charge in [-0.2, -0.15) is 0 Å². The van der Waals surface area contributed by atoms with Gasteiger partial charge in [0, 0.05) is 19.1 Å². The van der Waals surface area contributed by atoms with Gasteiger partial charge in [-0.3, -0.25) is 9.69 Å². The molecule has 0 aliphatic heterocycles. The second-order valence-corrected chi connectivity index (χ2v) is 12.1. The molecule has 0 heterocycles. The molecule has 0 aromatic heterocycles. The minimum absolute atomic E-state index is 0.0438. The van der Waals surface area contributed by atoms with Crippen LogP contribution in [0.4, 0.5) is 0 Å². The summed E-state index contributed by atoms with van der Waals surface area (Å²) in [5, 5.41) is 10.9. The number of aliphatic hydroxyl groups is 1. The van der Waals surface area contributed by atoms with Crippen molar-refractivity contribution in [1.82, 2.24) is 4.90 Å². The number of aliphatic hydroxyl groups excluding tert-OH is 1. The van der Waals surface area contributed by atoms with E-state index in [9.17, 15) is 9.90 Å². The molecular formula is C39H47NO4. The lowest BCUT2D eigenvalue weighted by molar-refractivity contribution is -0.163. The highest BCUT2D eigenvalue weighted by molar-refractivity contribution is 5.73. The lowest BCUT2D eigenvalue weighted by atomic mass is 9.96. The predicted molar refractivity (Wildman–Crippen MR) is 177 cm³/mol. The summed E-state index contributed by atoms with van der Waals surface area (Å²) in [5.74, 6) is -1.20. The minimum Gasteiger partial charge on any atom is -0.456 e. The van der Waals surface area contributed by atoms with Gasteiger partial charge in [0.05, 0.1) is 25.2 Å². The number of hydrogen-bond acceptors (Lipinski definition) is 5. The van der Waals surface area contributed by atoms with Gasteiger partial charge in [0.1, 0.15) is 6.10 Å². The van der Waals surface area contributed by atoms with Crippen molar-refractivity contribution in [2.45, 2.75) is 79.5 Å². The smallest absolute Gasteiger partial charge is 0.312 e. The fourth-order valence-corrected chi connectivity index (χ4v) is 5.70. The third-order valence-corrected chi connectivity index (χ3v) is 8.57. The van der Waals surface area contributed by atoms with E-state index in [1.54, 1.807) is 6.92 Å². The van der Waals surface area contributed by atoms with Gasteiger partial charge in [-0.1, -0.05) is 103 Å². The highest BCUT2D eigenvalue weighted by Gasteiger charge is 2.33. The Morgan fingerprint density at radius 3 is 2.00 bits per heavy atom. The van der Waals surface area contributed by atoms with Gasteiger partial charge in [-0.15, -0.1) is 0 Å². The first kappa shape index (κ1) is 33.1. The number of esters is 1. The topological polar surface area (TPSA) is 59.0 Å². The number of aryl methyl sites for hydroxylation is 4. The molecule has 0 saturated carbocycles. The molecule has 0 aliphatic carbocycles. The van der Waals surface area contributed by atoms with Gasteiger partial charge in [0.15, 0.2) is 0 Å². The van der Waals surface area contributed by atoms with Crippen molar-refractivity contribution >= 4 is 5.97 Å². The molecule has 232 valence electrons. The van der Waals surface area contributed by atoms with Crippen LogP contribution in [0.3, 0.4) is 0 Å². The van der Waals surface area contributed by atoms with Crippen LogP contribution in [0, 0.1) is 33.6 Å². The van der Waals surface area contributed by atoms with E-state index in [0.29, 0.717) is 19.7 Å². The van der Waals surface area contributed by atoms with Gasteiger partial charge in [0.2, 0.25) is 0 Å². The molecule has 0 saturated heterocycles. The van der Waals surface area contributed by atoms with E-state index in [1.165, 1.54) is 33.4 Å². The number of hydrogen-bond donors (Lipinski definition) is 1. The first-order chi connectivity index (χ1) is 21.1. The van der Waals surface area contributed by atoms with Crippen molar-refractivity contribution in [1.29, 1.82) is 0 Å². The summed E-state index contributed by atoms with van der Waals surface area (Å²) >= 11 is 0. The van der Waals surface area contributed by atoms with Crippen molar-refractivity contribution in [3.05, 3.63) is 142 Å². The third-order valence-electron chi connectivity index (χ3n) is 8.57. The summed E-state index contributed by atoms with van der Waals surface area (Å²) in [7, 11) is 0. The van der Waals surface area contributed by atoms with Crippen molar-refractivity contribution in [2.24, 2.45) is 5.92 Å². The number of benzene rings is 4. The van der Waals surface area contributed by atoms with Crippen molar-refractivity contribution in [2.75, 3.05) is 6.61 Å². The molecule has 5 nitrogen and oxygen atoms in total. The molecule has 0 radical (unpaired) electrons. The summed E-state index contributed by atoms with van der Waals surface area (Å²) in [6.45, 7) is 14.3. The molecule has 0 fully saturated rings. The van der Waals surface area contributed by atoms with Crippen LogP contribution in [0.2, 0.25) is 0 Å². The Balaban J connectivity index is 1.57. The fraction of sp³-hybridized carbons (Fsp3) is 0.359. The molecule has 4 aromatic rings. The van der Waals surface area contributed by atoms with E-state index >= 15 is 0 Å². The van der Waals surface area contributed by atoms with Crippen molar-refractivity contribution in [3.8, 4) is 0 Å². The van der Waals surface area contributed by atoms with Gasteiger partial charge in [-0.25, -0.2) is 0 Å². The minimum atomic E-state index is -0.987. The van der Waals surface area contributed by atoms with Crippen LogP contribution in [0.1, 0.15) is 64.5 Å². The molecule has 0 aliphatic rings. The Bertz CT molecular complexity index is 1460. The largest absolute Gasteiger partial charge is 0.456 e. The van der Waals surface area contributed by atoms with Crippen LogP contribution in [0.25, 0.3) is 0 Å². The Hall–Kier alpha value is -3.77. The monoisotopic (exact) mass is 593 g/mol. The van der Waals surface area contributed by atoms with E-state index in [0.717, 1.165) is 11.1 Å². The molecule has 4 aromatic carbocycles. The second kappa shape index (κ2) is 15.8. The molecule has 0 amide bonds. The zero-order valence-corrected chi connectivity index (χ0v) is 27.0. The average molecular weight is 594 g/mol. The molecule has 44 heavy (non-hydrogen) atoms. The number of nitrogens with zero attached hydrogens (tertiary/aromatic N) is 1. The van der Waals surface area contributed by atoms with E-state index < -0.39 is 24.1 Å². The molecule has 5 heteroatoms. The molecular weight excluding hydrogens is 546 g/mol. The van der Waals surface area contributed by atoms with Gasteiger partial charge >= 0.3 is 5.97 Å². The maximum Gasteiger partial charge on any atom is 0.312 e. The first-order valence-corrected chi connectivity index (χ1v) is 15.5. The normalized spacial score (nSPS) is 14.2. The maximum absolute atomic E-state index is 13.6. The van der Waals surface area contributed by atoms with E-state index in [4.69, 9.17) is 9.47 Å². The fourth-order valence-electron chi connectivity index (χ4n) is 5.70. The van der Waals surface area contributed by atoms with Crippen LogP contribution in [-0.4, -0.2) is 34.7 Å². The van der Waals surface area contributed by atoms with Crippen LogP contribution in [0.5, 0.6) is 0 Å². The van der Waals surface area contributed by atoms with Crippen LogP contribution in [-0.2, 0) is 34.0 Å². The van der Waals surface area contributed by atoms with E-state index in [-0.39, 0.29) is 12.6 Å². The Labute approximate surface area is 263 Å². The van der Waals surface area contributed by atoms with E-state index in [1.807, 2.05) is 60.7 Å². The standard InChI is InChI=1S/C39H47NO4/c1-27-21-29(3)36(30(4)22-27)24-40(23-35-20-14-13-15-28(35)2)32(6)38(34-18-11-8-12-19-34)44-39(42)31(5)37(41)26-43-25-33-16-9-7-10-17-33/h7-22,31-32,37-38,41H,23-26H2,1-6H3/t31-,32+,37-,38+/m1/s1. The van der Waals surface area contributed by atoms with Crippen molar-refractivity contribution < 1.29 is 19.4 Å². The number of carbonyl (C=O) groups excluding carboxylic acids is 1. The molecule has 0 bridgehead atoms. The lowest BCUT2D eigenvalue weighted by Crippen LogP contribution is -2.40. The zero-order chi connectivity index (χ0) is 31.6. The highest BCUT2D eigenvalue weighted by Crippen LogP contribution is 2.31. The molecule has 4 atom stereocenters. The average Bonchev–Trinajstić information content (AvgIpc) is 3.02. The third kappa shape index (κ3) is 8.88.